The Kier molecular flexibility index (Phi) is 3.50. The summed E-state index contributed by atoms with van der Waals surface area (Å²) in [4.78, 5) is 7.74. The number of nitrogens with zero attached hydrogens (tertiary/aromatic N) is 1. The van der Waals surface area contributed by atoms with E-state index in [0.717, 1.165) is 41.4 Å². The second kappa shape index (κ2) is 5.13. The third kappa shape index (κ3) is 2.49. The highest BCUT2D eigenvalue weighted by Crippen LogP contribution is 2.29. The highest BCUT2D eigenvalue weighted by Gasteiger charge is 2.15. The normalized spacial score (nSPS) is 14.2. The second-order valence-electron chi connectivity index (χ2n) is 4.68. The molecule has 2 nitrogen and oxygen atoms in total. The standard InChI is InChI=1S/C14H12BrFN2S/c15-11-6-5-8(16)7-10(11)13-17-12-4-2-1-3-9(12)14(19)18-13/h5-7H,1-4H2,(H,17,18,19). The van der Waals surface area contributed by atoms with E-state index in [9.17, 15) is 4.39 Å². The number of rotatable bonds is 1. The summed E-state index contributed by atoms with van der Waals surface area (Å²) in [6.45, 7) is 0. The number of benzene rings is 1. The minimum Gasteiger partial charge on any atom is -0.343 e. The Bertz CT molecular complexity index is 696. The molecule has 0 fully saturated rings. The summed E-state index contributed by atoms with van der Waals surface area (Å²) in [5.74, 6) is 0.356. The second-order valence-corrected chi connectivity index (χ2v) is 5.92. The van der Waals surface area contributed by atoms with Gasteiger partial charge in [-0.25, -0.2) is 9.37 Å². The zero-order valence-corrected chi connectivity index (χ0v) is 12.6. The molecule has 0 saturated heterocycles. The van der Waals surface area contributed by atoms with Gasteiger partial charge in [0.2, 0.25) is 0 Å². The van der Waals surface area contributed by atoms with Crippen molar-refractivity contribution < 1.29 is 4.39 Å². The third-order valence-electron chi connectivity index (χ3n) is 3.39. The first kappa shape index (κ1) is 12.9. The zero-order valence-electron chi connectivity index (χ0n) is 10.2. The molecule has 0 amide bonds. The minimum atomic E-state index is -0.281. The molecular formula is C14H12BrFN2S. The largest absolute Gasteiger partial charge is 0.343 e. The molecule has 3 rings (SSSR count). The Balaban J connectivity index is 2.18. The molecule has 2 aromatic rings. The Morgan fingerprint density at radius 1 is 1.26 bits per heavy atom. The molecule has 19 heavy (non-hydrogen) atoms. The van der Waals surface area contributed by atoms with E-state index >= 15 is 0 Å². The van der Waals surface area contributed by atoms with Gasteiger partial charge in [-0.1, -0.05) is 28.1 Å². The summed E-state index contributed by atoms with van der Waals surface area (Å²) in [5, 5.41) is 0. The molecule has 0 spiro atoms. The molecule has 0 saturated carbocycles. The van der Waals surface area contributed by atoms with Crippen molar-refractivity contribution in [2.45, 2.75) is 25.7 Å². The van der Waals surface area contributed by atoms with E-state index in [1.807, 2.05) is 0 Å². The van der Waals surface area contributed by atoms with E-state index in [1.165, 1.54) is 12.1 Å². The molecule has 5 heteroatoms. The molecule has 98 valence electrons. The highest BCUT2D eigenvalue weighted by molar-refractivity contribution is 9.10. The van der Waals surface area contributed by atoms with Gasteiger partial charge in [-0.15, -0.1) is 0 Å². The van der Waals surface area contributed by atoms with Crippen molar-refractivity contribution in [1.29, 1.82) is 0 Å². The van der Waals surface area contributed by atoms with Crippen molar-refractivity contribution in [1.82, 2.24) is 9.97 Å². The van der Waals surface area contributed by atoms with Gasteiger partial charge in [-0.3, -0.25) is 0 Å². The number of H-pyrrole nitrogens is 1. The summed E-state index contributed by atoms with van der Waals surface area (Å²) in [6.07, 6.45) is 4.30. The summed E-state index contributed by atoms with van der Waals surface area (Å²) >= 11 is 8.79. The fourth-order valence-corrected chi connectivity index (χ4v) is 3.18. The van der Waals surface area contributed by atoms with E-state index < -0.39 is 0 Å². The van der Waals surface area contributed by atoms with Gasteiger partial charge in [0.1, 0.15) is 16.3 Å². The topological polar surface area (TPSA) is 28.7 Å². The highest BCUT2D eigenvalue weighted by atomic mass is 79.9. The molecule has 0 bridgehead atoms. The maximum Gasteiger partial charge on any atom is 0.140 e. The summed E-state index contributed by atoms with van der Waals surface area (Å²) < 4.78 is 14.8. The monoisotopic (exact) mass is 338 g/mol. The summed E-state index contributed by atoms with van der Waals surface area (Å²) in [5.41, 5.74) is 3.01. The summed E-state index contributed by atoms with van der Waals surface area (Å²) in [7, 11) is 0. The van der Waals surface area contributed by atoms with E-state index in [4.69, 9.17) is 12.2 Å². The number of aromatic nitrogens is 2. The van der Waals surface area contributed by atoms with Gasteiger partial charge < -0.3 is 4.98 Å². The molecular weight excluding hydrogens is 327 g/mol. The minimum absolute atomic E-state index is 0.281. The predicted molar refractivity (Wildman–Crippen MR) is 79.2 cm³/mol. The van der Waals surface area contributed by atoms with E-state index in [-0.39, 0.29) is 5.82 Å². The van der Waals surface area contributed by atoms with Crippen LogP contribution in [0.4, 0.5) is 4.39 Å². The van der Waals surface area contributed by atoms with Crippen molar-refractivity contribution in [2.24, 2.45) is 0 Å². The summed E-state index contributed by atoms with van der Waals surface area (Å²) in [6, 6.07) is 4.57. The van der Waals surface area contributed by atoms with Crippen molar-refractivity contribution in [3.05, 3.63) is 44.4 Å². The quantitative estimate of drug-likeness (QED) is 0.770. The number of nitrogens with one attached hydrogen (secondary N) is 1. The van der Waals surface area contributed by atoms with Crippen LogP contribution in [0.25, 0.3) is 11.4 Å². The van der Waals surface area contributed by atoms with Crippen molar-refractivity contribution in [2.75, 3.05) is 0 Å². The molecule has 0 aliphatic heterocycles. The first-order chi connectivity index (χ1) is 9.15. The lowest BCUT2D eigenvalue weighted by Gasteiger charge is -2.16. The average molecular weight is 339 g/mol. The van der Waals surface area contributed by atoms with Gasteiger partial charge in [0.25, 0.3) is 0 Å². The van der Waals surface area contributed by atoms with Crippen LogP contribution in [0.2, 0.25) is 0 Å². The van der Waals surface area contributed by atoms with Gasteiger partial charge >= 0.3 is 0 Å². The number of hydrogen-bond acceptors (Lipinski definition) is 2. The van der Waals surface area contributed by atoms with Gasteiger partial charge in [0, 0.05) is 21.3 Å². The van der Waals surface area contributed by atoms with Gasteiger partial charge in [0.05, 0.1) is 0 Å². The molecule has 0 unspecified atom stereocenters. The van der Waals surface area contributed by atoms with Crippen molar-refractivity contribution >= 4 is 28.1 Å². The van der Waals surface area contributed by atoms with Crippen molar-refractivity contribution in [3.8, 4) is 11.4 Å². The molecule has 1 aliphatic carbocycles. The number of hydrogen-bond donors (Lipinski definition) is 1. The lowest BCUT2D eigenvalue weighted by Crippen LogP contribution is -2.09. The Hall–Kier alpha value is -1.07. The van der Waals surface area contributed by atoms with Crippen LogP contribution >= 0.6 is 28.1 Å². The third-order valence-corrected chi connectivity index (χ3v) is 4.42. The smallest absolute Gasteiger partial charge is 0.140 e. The van der Waals surface area contributed by atoms with Crippen LogP contribution in [-0.2, 0) is 12.8 Å². The van der Waals surface area contributed by atoms with Crippen LogP contribution in [0.1, 0.15) is 24.1 Å². The van der Waals surface area contributed by atoms with E-state index in [1.54, 1.807) is 6.07 Å². The number of aromatic amines is 1. The lowest BCUT2D eigenvalue weighted by atomic mass is 9.97. The fourth-order valence-electron chi connectivity index (χ4n) is 2.43. The van der Waals surface area contributed by atoms with E-state index in [0.29, 0.717) is 16.0 Å². The Morgan fingerprint density at radius 3 is 2.89 bits per heavy atom. The predicted octanol–water partition coefficient (Wildman–Crippen LogP) is 4.59. The molecule has 1 aliphatic rings. The van der Waals surface area contributed by atoms with Crippen LogP contribution in [-0.4, -0.2) is 9.97 Å². The molecule has 1 aromatic carbocycles. The maximum atomic E-state index is 13.4. The molecule has 1 N–H and O–H groups in total. The van der Waals surface area contributed by atoms with E-state index in [2.05, 4.69) is 25.9 Å². The maximum absolute atomic E-state index is 13.4. The first-order valence-corrected chi connectivity index (χ1v) is 7.43. The van der Waals surface area contributed by atoms with Gasteiger partial charge in [0.15, 0.2) is 0 Å². The van der Waals surface area contributed by atoms with Gasteiger partial charge in [-0.05, 0) is 43.9 Å². The molecule has 0 atom stereocenters. The fraction of sp³-hybridized carbons (Fsp3) is 0.286. The SMILES string of the molecule is Fc1ccc(Br)c(-c2nc(=S)c3c([nH]2)CCCC3)c1. The average Bonchev–Trinajstić information content (AvgIpc) is 2.41. The van der Waals surface area contributed by atoms with Crippen LogP contribution in [0.5, 0.6) is 0 Å². The Morgan fingerprint density at radius 2 is 2.05 bits per heavy atom. The zero-order chi connectivity index (χ0) is 13.4. The van der Waals surface area contributed by atoms with Crippen LogP contribution in [0.3, 0.4) is 0 Å². The lowest BCUT2D eigenvalue weighted by molar-refractivity contribution is 0.627. The number of aryl methyl sites for hydroxylation is 1. The first-order valence-electron chi connectivity index (χ1n) is 6.22. The molecule has 1 heterocycles. The van der Waals surface area contributed by atoms with Crippen LogP contribution in [0.15, 0.2) is 22.7 Å². The Labute approximate surface area is 124 Å². The van der Waals surface area contributed by atoms with Crippen LogP contribution < -0.4 is 0 Å². The van der Waals surface area contributed by atoms with Crippen molar-refractivity contribution in [3.63, 3.8) is 0 Å². The number of halogens is 2. The molecule has 1 aromatic heterocycles. The van der Waals surface area contributed by atoms with Crippen LogP contribution in [0, 0.1) is 10.5 Å². The number of fused-ring (bicyclic) bond motifs is 1. The molecule has 0 radical (unpaired) electrons. The van der Waals surface area contributed by atoms with Gasteiger partial charge in [-0.2, -0.15) is 0 Å².